The molecule has 2 aromatic rings. The summed E-state index contributed by atoms with van der Waals surface area (Å²) in [7, 11) is 0. The number of phenols is 1. The summed E-state index contributed by atoms with van der Waals surface area (Å²) in [4.78, 5) is 3.82. The van der Waals surface area contributed by atoms with Gasteiger partial charge in [0.05, 0.1) is 0 Å². The van der Waals surface area contributed by atoms with Crippen molar-refractivity contribution >= 4 is 11.9 Å². The zero-order valence-electron chi connectivity index (χ0n) is 12.2. The van der Waals surface area contributed by atoms with E-state index in [1.54, 1.807) is 12.1 Å². The molecule has 0 radical (unpaired) electrons. The predicted octanol–water partition coefficient (Wildman–Crippen LogP) is 4.72. The zero-order chi connectivity index (χ0) is 15.6. The Morgan fingerprint density at radius 1 is 1.00 bits per heavy atom. The van der Waals surface area contributed by atoms with Crippen molar-refractivity contribution in [1.82, 2.24) is 0 Å². The van der Waals surface area contributed by atoms with Gasteiger partial charge in [0.2, 0.25) is 0 Å². The van der Waals surface area contributed by atoms with E-state index in [9.17, 15) is 13.9 Å². The van der Waals surface area contributed by atoms with Gasteiger partial charge >= 0.3 is 0 Å². The molecular weight excluding hydrogens is 272 g/mol. The fourth-order valence-electron chi connectivity index (χ4n) is 2.02. The van der Waals surface area contributed by atoms with E-state index in [-0.39, 0.29) is 16.9 Å². The van der Waals surface area contributed by atoms with Crippen LogP contribution in [0, 0.1) is 11.6 Å². The van der Waals surface area contributed by atoms with E-state index in [2.05, 4.69) is 4.99 Å². The number of nitrogens with zero attached hydrogens (tertiary/aromatic N) is 1. The van der Waals surface area contributed by atoms with Crippen molar-refractivity contribution in [3.05, 3.63) is 59.2 Å². The number of aromatic hydroxyl groups is 1. The minimum absolute atomic E-state index is 0.0745. The first-order valence-corrected chi connectivity index (χ1v) is 6.61. The molecule has 0 saturated carbocycles. The molecule has 1 N–H and O–H groups in total. The summed E-state index contributed by atoms with van der Waals surface area (Å²) in [5.74, 6) is -1.40. The quantitative estimate of drug-likeness (QED) is 0.797. The molecule has 0 bridgehead atoms. The Kier molecular flexibility index (Phi) is 4.07. The second kappa shape index (κ2) is 5.64. The van der Waals surface area contributed by atoms with Crippen molar-refractivity contribution in [3.8, 4) is 5.75 Å². The molecule has 2 aromatic carbocycles. The van der Waals surface area contributed by atoms with Crippen molar-refractivity contribution in [3.63, 3.8) is 0 Å². The summed E-state index contributed by atoms with van der Waals surface area (Å²) in [6.45, 7) is 5.92. The summed E-state index contributed by atoms with van der Waals surface area (Å²) in [6.07, 6.45) is 1.27. The lowest BCUT2D eigenvalue weighted by molar-refractivity contribution is 0.446. The molecule has 4 heteroatoms. The lowest BCUT2D eigenvalue weighted by Gasteiger charge is -2.21. The molecule has 0 aromatic heterocycles. The van der Waals surface area contributed by atoms with Crippen LogP contribution in [0.15, 0.2) is 41.4 Å². The average molecular weight is 289 g/mol. The SMILES string of the molecule is CC(C)(C)c1cccc(C=Nc2c(F)cccc2F)c1O. The van der Waals surface area contributed by atoms with Gasteiger partial charge in [-0.25, -0.2) is 13.8 Å². The Labute approximate surface area is 122 Å². The number of hydrogen-bond donors (Lipinski definition) is 1. The highest BCUT2D eigenvalue weighted by molar-refractivity contribution is 5.86. The first-order valence-electron chi connectivity index (χ1n) is 6.61. The van der Waals surface area contributed by atoms with E-state index in [1.165, 1.54) is 12.3 Å². The first-order chi connectivity index (χ1) is 9.80. The van der Waals surface area contributed by atoms with E-state index >= 15 is 0 Å². The second-order valence-corrected chi connectivity index (χ2v) is 5.82. The summed E-state index contributed by atoms with van der Waals surface area (Å²) in [5, 5.41) is 10.3. The minimum Gasteiger partial charge on any atom is -0.507 e. The third kappa shape index (κ3) is 3.27. The van der Waals surface area contributed by atoms with E-state index in [0.29, 0.717) is 5.56 Å². The van der Waals surface area contributed by atoms with Crippen molar-refractivity contribution in [2.75, 3.05) is 0 Å². The van der Waals surface area contributed by atoms with Gasteiger partial charge in [0.25, 0.3) is 0 Å². The number of rotatable bonds is 2. The lowest BCUT2D eigenvalue weighted by atomic mass is 9.85. The molecule has 21 heavy (non-hydrogen) atoms. The molecule has 0 aliphatic rings. The van der Waals surface area contributed by atoms with Crippen LogP contribution in [-0.2, 0) is 5.41 Å². The smallest absolute Gasteiger partial charge is 0.151 e. The maximum atomic E-state index is 13.5. The molecule has 0 fully saturated rings. The van der Waals surface area contributed by atoms with Crippen LogP contribution in [0.2, 0.25) is 0 Å². The van der Waals surface area contributed by atoms with Gasteiger partial charge < -0.3 is 5.11 Å². The Balaban J connectivity index is 2.43. The zero-order valence-corrected chi connectivity index (χ0v) is 12.2. The van der Waals surface area contributed by atoms with Crippen LogP contribution in [0.1, 0.15) is 31.9 Å². The number of halogens is 2. The molecule has 0 spiro atoms. The van der Waals surface area contributed by atoms with Crippen LogP contribution >= 0.6 is 0 Å². The monoisotopic (exact) mass is 289 g/mol. The molecule has 0 amide bonds. The van der Waals surface area contributed by atoms with Gasteiger partial charge in [0, 0.05) is 11.8 Å². The van der Waals surface area contributed by atoms with E-state index in [0.717, 1.165) is 17.7 Å². The molecule has 0 aliphatic heterocycles. The topological polar surface area (TPSA) is 32.6 Å². The highest BCUT2D eigenvalue weighted by atomic mass is 19.1. The molecule has 0 saturated heterocycles. The molecule has 2 rings (SSSR count). The summed E-state index contributed by atoms with van der Waals surface area (Å²) in [6, 6.07) is 8.80. The third-order valence-electron chi connectivity index (χ3n) is 3.15. The van der Waals surface area contributed by atoms with Gasteiger partial charge in [0.1, 0.15) is 11.4 Å². The molecule has 0 unspecified atom stereocenters. The van der Waals surface area contributed by atoms with Crippen molar-refractivity contribution in [1.29, 1.82) is 0 Å². The predicted molar refractivity (Wildman–Crippen MR) is 80.4 cm³/mol. The fourth-order valence-corrected chi connectivity index (χ4v) is 2.02. The molecular formula is C17H17F2NO. The Morgan fingerprint density at radius 3 is 2.14 bits per heavy atom. The number of aliphatic imine (C=N–C) groups is 1. The van der Waals surface area contributed by atoms with E-state index in [4.69, 9.17) is 0 Å². The second-order valence-electron chi connectivity index (χ2n) is 5.82. The Hall–Kier alpha value is -2.23. The van der Waals surface area contributed by atoms with Gasteiger partial charge in [-0.1, -0.05) is 39.0 Å². The number of hydrogen-bond acceptors (Lipinski definition) is 2. The standard InChI is InChI=1S/C17H17F2NO/c1-17(2,3)12-7-4-6-11(16(12)21)10-20-15-13(18)8-5-9-14(15)19/h4-10,21H,1-3H3. The average Bonchev–Trinajstić information content (AvgIpc) is 2.38. The van der Waals surface area contributed by atoms with Crippen LogP contribution in [0.25, 0.3) is 0 Å². The van der Waals surface area contributed by atoms with Crippen LogP contribution in [0.3, 0.4) is 0 Å². The molecule has 2 nitrogen and oxygen atoms in total. The normalized spacial score (nSPS) is 12.0. The van der Waals surface area contributed by atoms with Gasteiger partial charge in [-0.3, -0.25) is 0 Å². The maximum Gasteiger partial charge on any atom is 0.151 e. The fraction of sp³-hybridized carbons (Fsp3) is 0.235. The minimum atomic E-state index is -0.738. The number of para-hydroxylation sites is 2. The van der Waals surface area contributed by atoms with Gasteiger partial charge in [-0.05, 0) is 29.2 Å². The van der Waals surface area contributed by atoms with E-state index < -0.39 is 11.6 Å². The Morgan fingerprint density at radius 2 is 1.57 bits per heavy atom. The van der Waals surface area contributed by atoms with Crippen molar-refractivity contribution in [2.24, 2.45) is 4.99 Å². The summed E-state index contributed by atoms with van der Waals surface area (Å²) < 4.78 is 27.0. The van der Waals surface area contributed by atoms with Gasteiger partial charge in [-0.2, -0.15) is 0 Å². The largest absolute Gasteiger partial charge is 0.507 e. The van der Waals surface area contributed by atoms with Crippen molar-refractivity contribution < 1.29 is 13.9 Å². The summed E-state index contributed by atoms with van der Waals surface area (Å²) >= 11 is 0. The van der Waals surface area contributed by atoms with Gasteiger partial charge in [-0.15, -0.1) is 0 Å². The third-order valence-corrected chi connectivity index (χ3v) is 3.15. The number of phenolic OH excluding ortho intramolecular Hbond substituents is 1. The molecule has 0 heterocycles. The highest BCUT2D eigenvalue weighted by Crippen LogP contribution is 2.32. The van der Waals surface area contributed by atoms with E-state index in [1.807, 2.05) is 26.8 Å². The van der Waals surface area contributed by atoms with Crippen molar-refractivity contribution in [2.45, 2.75) is 26.2 Å². The van der Waals surface area contributed by atoms with Crippen LogP contribution in [-0.4, -0.2) is 11.3 Å². The molecule has 0 atom stereocenters. The van der Waals surface area contributed by atoms with Crippen LogP contribution in [0.4, 0.5) is 14.5 Å². The maximum absolute atomic E-state index is 13.5. The van der Waals surface area contributed by atoms with Crippen LogP contribution < -0.4 is 0 Å². The first kappa shape index (κ1) is 15.2. The van der Waals surface area contributed by atoms with Crippen LogP contribution in [0.5, 0.6) is 5.75 Å². The summed E-state index contributed by atoms with van der Waals surface area (Å²) in [5.41, 5.74) is 0.570. The Bertz CT molecular complexity index is 667. The number of benzene rings is 2. The van der Waals surface area contributed by atoms with Gasteiger partial charge in [0.15, 0.2) is 11.6 Å². The highest BCUT2D eigenvalue weighted by Gasteiger charge is 2.19. The molecule has 110 valence electrons. The lowest BCUT2D eigenvalue weighted by Crippen LogP contribution is -2.11. The molecule has 0 aliphatic carbocycles.